The van der Waals surface area contributed by atoms with Crippen molar-refractivity contribution in [3.8, 4) is 0 Å². The van der Waals surface area contributed by atoms with E-state index in [1.54, 1.807) is 24.3 Å². The zero-order valence-electron chi connectivity index (χ0n) is 12.4. The molecule has 0 aliphatic carbocycles. The normalized spacial score (nSPS) is 10.4. The molecule has 1 heterocycles. The molecule has 0 atom stereocenters. The minimum atomic E-state index is -0.483. The summed E-state index contributed by atoms with van der Waals surface area (Å²) in [5.74, 6) is -0.571. The van der Waals surface area contributed by atoms with Gasteiger partial charge in [-0.2, -0.15) is 0 Å². The second-order valence-corrected chi connectivity index (χ2v) is 5.12. The Bertz CT molecular complexity index is 684. The third-order valence-corrected chi connectivity index (χ3v) is 3.68. The molecule has 0 spiro atoms. The van der Waals surface area contributed by atoms with Crippen molar-refractivity contribution < 1.29 is 9.59 Å². The van der Waals surface area contributed by atoms with Crippen molar-refractivity contribution in [2.45, 2.75) is 20.3 Å². The summed E-state index contributed by atoms with van der Waals surface area (Å²) in [5.41, 5.74) is 9.47. The van der Waals surface area contributed by atoms with Gasteiger partial charge in [-0.05, 0) is 49.7 Å². The zero-order chi connectivity index (χ0) is 15.6. The molecule has 0 aliphatic rings. The Hall–Kier alpha value is -2.56. The number of hydrogen-bond donors (Lipinski definition) is 2. The lowest BCUT2D eigenvalue weighted by molar-refractivity contribution is -0.115. The minimum Gasteiger partial charge on any atom is -0.366 e. The first-order valence-electron chi connectivity index (χ1n) is 6.70. The molecular formula is C16H19N3O2. The second-order valence-electron chi connectivity index (χ2n) is 5.12. The number of carbonyl (C=O) groups excluding carboxylic acids is 2. The number of amides is 2. The average molecular weight is 285 g/mol. The first kappa shape index (κ1) is 14.8. The maximum absolute atomic E-state index is 12.1. The van der Waals surface area contributed by atoms with Crippen molar-refractivity contribution in [1.82, 2.24) is 4.57 Å². The smallest absolute Gasteiger partial charge is 0.248 e. The Balaban J connectivity index is 2.04. The Morgan fingerprint density at radius 2 is 1.81 bits per heavy atom. The summed E-state index contributed by atoms with van der Waals surface area (Å²) < 4.78 is 2.06. The zero-order valence-corrected chi connectivity index (χ0v) is 12.4. The number of nitrogens with two attached hydrogens (primary N) is 1. The van der Waals surface area contributed by atoms with Gasteiger partial charge in [-0.1, -0.05) is 0 Å². The number of benzene rings is 1. The molecule has 0 fully saturated rings. The van der Waals surface area contributed by atoms with Gasteiger partial charge in [0.1, 0.15) is 0 Å². The molecule has 2 aromatic rings. The van der Waals surface area contributed by atoms with Crippen molar-refractivity contribution in [1.29, 1.82) is 0 Å². The fourth-order valence-electron chi connectivity index (χ4n) is 2.21. The molecule has 0 saturated heterocycles. The highest BCUT2D eigenvalue weighted by Crippen LogP contribution is 2.15. The van der Waals surface area contributed by atoms with E-state index in [0.717, 1.165) is 17.0 Å². The van der Waals surface area contributed by atoms with Crippen molar-refractivity contribution >= 4 is 17.5 Å². The molecule has 5 heteroatoms. The van der Waals surface area contributed by atoms with Crippen LogP contribution in [0.15, 0.2) is 30.3 Å². The van der Waals surface area contributed by atoms with Gasteiger partial charge >= 0.3 is 0 Å². The predicted octanol–water partition coefficient (Wildman–Crippen LogP) is 1.92. The van der Waals surface area contributed by atoms with E-state index in [0.29, 0.717) is 17.7 Å². The number of hydrogen-bond acceptors (Lipinski definition) is 2. The van der Waals surface area contributed by atoms with Crippen LogP contribution in [0.2, 0.25) is 0 Å². The van der Waals surface area contributed by atoms with Crippen LogP contribution in [0.4, 0.5) is 5.69 Å². The lowest BCUT2D eigenvalue weighted by Crippen LogP contribution is -2.15. The number of aromatic nitrogens is 1. The van der Waals surface area contributed by atoms with Crippen molar-refractivity contribution in [2.24, 2.45) is 12.8 Å². The van der Waals surface area contributed by atoms with Gasteiger partial charge < -0.3 is 15.6 Å². The third kappa shape index (κ3) is 3.31. The van der Waals surface area contributed by atoms with Crippen molar-refractivity contribution in [3.05, 3.63) is 52.8 Å². The van der Waals surface area contributed by atoms with Gasteiger partial charge in [0.15, 0.2) is 0 Å². The van der Waals surface area contributed by atoms with E-state index < -0.39 is 5.91 Å². The number of carbonyl (C=O) groups is 2. The molecule has 0 saturated carbocycles. The lowest BCUT2D eigenvalue weighted by Gasteiger charge is -2.06. The molecule has 5 nitrogen and oxygen atoms in total. The van der Waals surface area contributed by atoms with Gasteiger partial charge in [-0.25, -0.2) is 0 Å². The van der Waals surface area contributed by atoms with Crippen molar-refractivity contribution in [3.63, 3.8) is 0 Å². The SMILES string of the molecule is Cc1cc(CC(=O)Nc2ccc(C(N)=O)cc2)c(C)n1C. The quantitative estimate of drug-likeness (QED) is 0.900. The highest BCUT2D eigenvalue weighted by Gasteiger charge is 2.11. The van der Waals surface area contributed by atoms with Crippen LogP contribution in [0, 0.1) is 13.8 Å². The largest absolute Gasteiger partial charge is 0.366 e. The van der Waals surface area contributed by atoms with Crippen LogP contribution in [0.1, 0.15) is 27.3 Å². The summed E-state index contributed by atoms with van der Waals surface area (Å²) >= 11 is 0. The predicted molar refractivity (Wildman–Crippen MR) is 82.2 cm³/mol. The van der Waals surface area contributed by atoms with Gasteiger partial charge in [0, 0.05) is 29.7 Å². The van der Waals surface area contributed by atoms with Crippen LogP contribution in [-0.2, 0) is 18.3 Å². The maximum Gasteiger partial charge on any atom is 0.248 e. The van der Waals surface area contributed by atoms with Crippen LogP contribution < -0.4 is 11.1 Å². The Kier molecular flexibility index (Phi) is 4.12. The third-order valence-electron chi connectivity index (χ3n) is 3.68. The molecule has 1 aromatic carbocycles. The topological polar surface area (TPSA) is 77.1 Å². The first-order chi connectivity index (χ1) is 9.88. The summed E-state index contributed by atoms with van der Waals surface area (Å²) in [6, 6.07) is 8.54. The Morgan fingerprint density at radius 3 is 2.29 bits per heavy atom. The molecule has 0 bridgehead atoms. The summed E-state index contributed by atoms with van der Waals surface area (Å²) in [7, 11) is 1.98. The van der Waals surface area contributed by atoms with Crippen molar-refractivity contribution in [2.75, 3.05) is 5.32 Å². The van der Waals surface area contributed by atoms with E-state index in [1.165, 1.54) is 0 Å². The van der Waals surface area contributed by atoms with Gasteiger partial charge in [0.05, 0.1) is 6.42 Å². The van der Waals surface area contributed by atoms with Gasteiger partial charge in [-0.15, -0.1) is 0 Å². The molecule has 0 unspecified atom stereocenters. The number of rotatable bonds is 4. The summed E-state index contributed by atoms with van der Waals surface area (Å²) in [4.78, 5) is 23.0. The monoisotopic (exact) mass is 285 g/mol. The van der Waals surface area contributed by atoms with Crippen LogP contribution in [0.3, 0.4) is 0 Å². The number of anilines is 1. The molecular weight excluding hydrogens is 266 g/mol. The summed E-state index contributed by atoms with van der Waals surface area (Å²) in [5, 5.41) is 2.81. The van der Waals surface area contributed by atoms with Gasteiger partial charge in [0.25, 0.3) is 0 Å². The number of nitrogens with one attached hydrogen (secondary N) is 1. The molecule has 0 radical (unpaired) electrons. The van der Waals surface area contributed by atoms with Crippen LogP contribution in [-0.4, -0.2) is 16.4 Å². The number of aryl methyl sites for hydroxylation is 1. The van der Waals surface area contributed by atoms with E-state index in [1.807, 2.05) is 27.0 Å². The average Bonchev–Trinajstić information content (AvgIpc) is 2.67. The molecule has 1 aromatic heterocycles. The molecule has 3 N–H and O–H groups in total. The van der Waals surface area contributed by atoms with E-state index in [9.17, 15) is 9.59 Å². The van der Waals surface area contributed by atoms with Crippen LogP contribution in [0.25, 0.3) is 0 Å². The fourth-order valence-corrected chi connectivity index (χ4v) is 2.21. The molecule has 0 aliphatic heterocycles. The number of primary amides is 1. The minimum absolute atomic E-state index is 0.0875. The standard InChI is InChI=1S/C16H19N3O2/c1-10-8-13(11(2)19(10)3)9-15(20)18-14-6-4-12(5-7-14)16(17)21/h4-8H,9H2,1-3H3,(H2,17,21)(H,18,20). The maximum atomic E-state index is 12.1. The van der Waals surface area contributed by atoms with E-state index >= 15 is 0 Å². The van der Waals surface area contributed by atoms with E-state index in [-0.39, 0.29) is 5.91 Å². The second kappa shape index (κ2) is 5.83. The van der Waals surface area contributed by atoms with Gasteiger partial charge in [0.2, 0.25) is 11.8 Å². The van der Waals surface area contributed by atoms with Crippen LogP contribution >= 0.6 is 0 Å². The van der Waals surface area contributed by atoms with Gasteiger partial charge in [-0.3, -0.25) is 9.59 Å². The fraction of sp³-hybridized carbons (Fsp3) is 0.250. The molecule has 2 amide bonds. The summed E-state index contributed by atoms with van der Waals surface area (Å²) in [6.45, 7) is 4.01. The Labute approximate surface area is 123 Å². The molecule has 2 rings (SSSR count). The van der Waals surface area contributed by atoms with E-state index in [4.69, 9.17) is 5.73 Å². The first-order valence-corrected chi connectivity index (χ1v) is 6.70. The lowest BCUT2D eigenvalue weighted by atomic mass is 10.1. The number of nitrogens with zero attached hydrogens (tertiary/aromatic N) is 1. The Morgan fingerprint density at radius 1 is 1.19 bits per heavy atom. The molecule has 110 valence electrons. The highest BCUT2D eigenvalue weighted by molar-refractivity contribution is 5.95. The highest BCUT2D eigenvalue weighted by atomic mass is 16.2. The van der Waals surface area contributed by atoms with E-state index in [2.05, 4.69) is 9.88 Å². The van der Waals surface area contributed by atoms with Crippen LogP contribution in [0.5, 0.6) is 0 Å². The molecule has 21 heavy (non-hydrogen) atoms. The summed E-state index contributed by atoms with van der Waals surface area (Å²) in [6.07, 6.45) is 0.324.